The normalized spacial score (nSPS) is 18.6. The van der Waals surface area contributed by atoms with Crippen molar-refractivity contribution < 1.29 is 4.74 Å². The quantitative estimate of drug-likeness (QED) is 0.830. The lowest BCUT2D eigenvalue weighted by Crippen LogP contribution is -2.22. The van der Waals surface area contributed by atoms with Gasteiger partial charge in [0.1, 0.15) is 5.52 Å². The van der Waals surface area contributed by atoms with Crippen LogP contribution in [0.15, 0.2) is 18.5 Å². The summed E-state index contributed by atoms with van der Waals surface area (Å²) in [6.07, 6.45) is 9.41. The minimum atomic E-state index is 0.381. The Morgan fingerprint density at radius 3 is 3.22 bits per heavy atom. The Morgan fingerprint density at radius 2 is 2.33 bits per heavy atom. The SMILES string of the molecule is CCCCC[C@H]1CCc2ccc3[nH]cnc3c2O1. The van der Waals surface area contributed by atoms with Crippen molar-refractivity contribution in [3.8, 4) is 5.75 Å². The van der Waals surface area contributed by atoms with Crippen molar-refractivity contribution in [2.45, 2.75) is 51.6 Å². The van der Waals surface area contributed by atoms with Crippen molar-refractivity contribution in [1.29, 1.82) is 0 Å². The summed E-state index contributed by atoms with van der Waals surface area (Å²) in [5.74, 6) is 1.02. The molecule has 0 amide bonds. The fraction of sp³-hybridized carbons (Fsp3) is 0.533. The third-order valence-electron chi connectivity index (χ3n) is 3.78. The van der Waals surface area contributed by atoms with E-state index in [1.165, 1.54) is 31.2 Å². The summed E-state index contributed by atoms with van der Waals surface area (Å²) in [6, 6.07) is 4.26. The van der Waals surface area contributed by atoms with Crippen LogP contribution in [0.5, 0.6) is 5.75 Å². The number of aromatic nitrogens is 2. The first-order chi connectivity index (χ1) is 8.88. The second kappa shape index (κ2) is 5.01. The molecule has 18 heavy (non-hydrogen) atoms. The highest BCUT2D eigenvalue weighted by atomic mass is 16.5. The van der Waals surface area contributed by atoms with Crippen LogP contribution in [0.1, 0.15) is 44.6 Å². The first-order valence-corrected chi connectivity index (χ1v) is 7.00. The molecule has 0 unspecified atom stereocenters. The molecule has 0 saturated heterocycles. The van der Waals surface area contributed by atoms with Crippen LogP contribution < -0.4 is 4.74 Å². The molecule has 0 aliphatic carbocycles. The zero-order valence-electron chi connectivity index (χ0n) is 10.9. The van der Waals surface area contributed by atoms with Crippen LogP contribution in [-0.2, 0) is 6.42 Å². The Kier molecular flexibility index (Phi) is 3.22. The second-order valence-corrected chi connectivity index (χ2v) is 5.13. The molecule has 0 saturated carbocycles. The van der Waals surface area contributed by atoms with E-state index in [2.05, 4.69) is 29.0 Å². The van der Waals surface area contributed by atoms with Crippen LogP contribution in [0, 0.1) is 0 Å². The summed E-state index contributed by atoms with van der Waals surface area (Å²) in [5, 5.41) is 0. The summed E-state index contributed by atoms with van der Waals surface area (Å²) >= 11 is 0. The summed E-state index contributed by atoms with van der Waals surface area (Å²) in [4.78, 5) is 7.53. The highest BCUT2D eigenvalue weighted by Gasteiger charge is 2.22. The maximum atomic E-state index is 6.17. The van der Waals surface area contributed by atoms with Gasteiger partial charge in [0.25, 0.3) is 0 Å². The van der Waals surface area contributed by atoms with E-state index in [0.29, 0.717) is 6.10 Å². The molecule has 2 heterocycles. The fourth-order valence-corrected chi connectivity index (χ4v) is 2.72. The Balaban J connectivity index is 1.80. The van der Waals surface area contributed by atoms with Gasteiger partial charge < -0.3 is 9.72 Å². The number of nitrogens with zero attached hydrogens (tertiary/aromatic N) is 1. The molecule has 96 valence electrons. The minimum absolute atomic E-state index is 0.381. The number of imidazole rings is 1. The number of unbranched alkanes of at least 4 members (excludes halogenated alkanes) is 2. The van der Waals surface area contributed by atoms with Crippen molar-refractivity contribution >= 4 is 11.0 Å². The van der Waals surface area contributed by atoms with Gasteiger partial charge in [0, 0.05) is 0 Å². The maximum absolute atomic E-state index is 6.17. The van der Waals surface area contributed by atoms with E-state index in [1.54, 1.807) is 6.33 Å². The van der Waals surface area contributed by atoms with Crippen LogP contribution in [0.3, 0.4) is 0 Å². The molecule has 3 rings (SSSR count). The lowest BCUT2D eigenvalue weighted by molar-refractivity contribution is 0.162. The smallest absolute Gasteiger partial charge is 0.150 e. The number of benzene rings is 1. The van der Waals surface area contributed by atoms with Crippen LogP contribution in [0.25, 0.3) is 11.0 Å². The average Bonchev–Trinajstić information content (AvgIpc) is 2.87. The molecule has 1 aliphatic rings. The molecule has 1 atom stereocenters. The molecule has 1 aliphatic heterocycles. The molecule has 0 spiro atoms. The fourth-order valence-electron chi connectivity index (χ4n) is 2.72. The second-order valence-electron chi connectivity index (χ2n) is 5.13. The Hall–Kier alpha value is -1.51. The standard InChI is InChI=1S/C15H20N2O/c1-2-3-4-5-12-8-6-11-7-9-13-14(15(11)18-12)17-10-16-13/h7,9-10,12H,2-6,8H2,1H3,(H,16,17)/t12-/m0/s1. The van der Waals surface area contributed by atoms with Gasteiger partial charge in [-0.2, -0.15) is 0 Å². The van der Waals surface area contributed by atoms with Gasteiger partial charge in [0.05, 0.1) is 17.9 Å². The molecule has 3 heteroatoms. The number of ether oxygens (including phenoxy) is 1. The summed E-state index contributed by atoms with van der Waals surface area (Å²) in [7, 11) is 0. The highest BCUT2D eigenvalue weighted by Crippen LogP contribution is 2.34. The predicted molar refractivity (Wildman–Crippen MR) is 73.0 cm³/mol. The Bertz CT molecular complexity index is 532. The van der Waals surface area contributed by atoms with Crippen molar-refractivity contribution in [3.63, 3.8) is 0 Å². The Labute approximate surface area is 108 Å². The van der Waals surface area contributed by atoms with E-state index in [-0.39, 0.29) is 0 Å². The lowest BCUT2D eigenvalue weighted by atomic mass is 9.98. The summed E-state index contributed by atoms with van der Waals surface area (Å²) in [5.41, 5.74) is 3.37. The number of aryl methyl sites for hydroxylation is 1. The molecular weight excluding hydrogens is 224 g/mol. The van der Waals surface area contributed by atoms with E-state index in [9.17, 15) is 0 Å². The van der Waals surface area contributed by atoms with Gasteiger partial charge in [0.15, 0.2) is 5.75 Å². The van der Waals surface area contributed by atoms with Gasteiger partial charge >= 0.3 is 0 Å². The van der Waals surface area contributed by atoms with E-state index in [0.717, 1.165) is 29.6 Å². The Morgan fingerprint density at radius 1 is 1.39 bits per heavy atom. The molecule has 0 fully saturated rings. The topological polar surface area (TPSA) is 37.9 Å². The molecule has 2 aromatic rings. The van der Waals surface area contributed by atoms with Crippen molar-refractivity contribution in [2.75, 3.05) is 0 Å². The van der Waals surface area contributed by atoms with E-state index in [4.69, 9.17) is 4.74 Å². The predicted octanol–water partition coefficient (Wildman–Crippen LogP) is 3.84. The third kappa shape index (κ3) is 2.09. The van der Waals surface area contributed by atoms with Crippen molar-refractivity contribution in [3.05, 3.63) is 24.0 Å². The largest absolute Gasteiger partial charge is 0.488 e. The summed E-state index contributed by atoms with van der Waals surface area (Å²) in [6.45, 7) is 2.24. The van der Waals surface area contributed by atoms with Crippen molar-refractivity contribution in [2.24, 2.45) is 0 Å². The van der Waals surface area contributed by atoms with E-state index < -0.39 is 0 Å². The lowest BCUT2D eigenvalue weighted by Gasteiger charge is -2.26. The third-order valence-corrected chi connectivity index (χ3v) is 3.78. The van der Waals surface area contributed by atoms with Gasteiger partial charge in [-0.25, -0.2) is 4.98 Å². The van der Waals surface area contributed by atoms with Crippen LogP contribution in [-0.4, -0.2) is 16.1 Å². The van der Waals surface area contributed by atoms with E-state index >= 15 is 0 Å². The van der Waals surface area contributed by atoms with Crippen LogP contribution in [0.2, 0.25) is 0 Å². The zero-order chi connectivity index (χ0) is 12.4. The number of nitrogens with one attached hydrogen (secondary N) is 1. The van der Waals surface area contributed by atoms with Crippen LogP contribution in [0.4, 0.5) is 0 Å². The first kappa shape index (κ1) is 11.6. The minimum Gasteiger partial charge on any atom is -0.488 e. The highest BCUT2D eigenvalue weighted by molar-refractivity contribution is 5.83. The van der Waals surface area contributed by atoms with Gasteiger partial charge in [-0.15, -0.1) is 0 Å². The first-order valence-electron chi connectivity index (χ1n) is 7.00. The van der Waals surface area contributed by atoms with Gasteiger partial charge in [-0.05, 0) is 37.3 Å². The zero-order valence-corrected chi connectivity index (χ0v) is 10.9. The average molecular weight is 244 g/mol. The number of hydrogen-bond donors (Lipinski definition) is 1. The number of hydrogen-bond acceptors (Lipinski definition) is 2. The maximum Gasteiger partial charge on any atom is 0.150 e. The number of fused-ring (bicyclic) bond motifs is 3. The molecule has 1 aromatic carbocycles. The van der Waals surface area contributed by atoms with Gasteiger partial charge in [0.2, 0.25) is 0 Å². The van der Waals surface area contributed by atoms with E-state index in [1.807, 2.05) is 0 Å². The molecule has 0 radical (unpaired) electrons. The summed E-state index contributed by atoms with van der Waals surface area (Å²) < 4.78 is 6.17. The molecule has 1 aromatic heterocycles. The van der Waals surface area contributed by atoms with Gasteiger partial charge in [-0.1, -0.05) is 25.8 Å². The number of aromatic amines is 1. The monoisotopic (exact) mass is 244 g/mol. The molecule has 1 N–H and O–H groups in total. The number of H-pyrrole nitrogens is 1. The van der Waals surface area contributed by atoms with Crippen LogP contribution >= 0.6 is 0 Å². The molecule has 3 nitrogen and oxygen atoms in total. The van der Waals surface area contributed by atoms with Crippen molar-refractivity contribution in [1.82, 2.24) is 9.97 Å². The molecule has 0 bridgehead atoms. The molecular formula is C15H20N2O. The van der Waals surface area contributed by atoms with Gasteiger partial charge in [-0.3, -0.25) is 0 Å². The number of rotatable bonds is 4.